The number of para-hydroxylation sites is 2. The maximum atomic E-state index is 6.50. The fourth-order valence-electron chi connectivity index (χ4n) is 5.27. The molecule has 0 saturated heterocycles. The van der Waals surface area contributed by atoms with E-state index in [1.165, 1.54) is 32.3 Å². The molecule has 218 valence electrons. The molecule has 0 spiro atoms. The molecule has 0 N–H and O–H groups in total. The van der Waals surface area contributed by atoms with E-state index in [1.54, 1.807) is 0 Å². The molecule has 2 atom stereocenters. The van der Waals surface area contributed by atoms with Crippen LogP contribution < -0.4 is 30.7 Å². The fourth-order valence-corrected chi connectivity index (χ4v) is 10.8. The largest absolute Gasteiger partial charge is 0.488 e. The van der Waals surface area contributed by atoms with Gasteiger partial charge in [-0.15, -0.1) is 0 Å². The van der Waals surface area contributed by atoms with Gasteiger partial charge < -0.3 is 9.47 Å². The van der Waals surface area contributed by atoms with E-state index in [2.05, 4.69) is 158 Å². The SMILES string of the molecule is c1ccc(COc2ccccc2P(CCP(c2ccccc2)c2ccccc2OCc2ccccc2)c2ccccc2)cc1. The van der Waals surface area contributed by atoms with Crippen LogP contribution in [0.4, 0.5) is 0 Å². The Hall–Kier alpha value is -4.22. The van der Waals surface area contributed by atoms with Gasteiger partial charge in [-0.3, -0.25) is 0 Å². The van der Waals surface area contributed by atoms with Crippen molar-refractivity contribution in [3.63, 3.8) is 0 Å². The number of benzene rings is 6. The third-order valence-electron chi connectivity index (χ3n) is 7.47. The first-order chi connectivity index (χ1) is 21.8. The summed E-state index contributed by atoms with van der Waals surface area (Å²) in [6.07, 6.45) is 2.08. The van der Waals surface area contributed by atoms with Crippen molar-refractivity contribution in [1.29, 1.82) is 0 Å². The molecular weight excluding hydrogens is 574 g/mol. The standard InChI is InChI=1S/C40H36O2P2/c1-5-17-33(18-6-1)31-41-37-25-13-15-27-39(37)43(35-21-9-3-10-22-35)29-30-44(36-23-11-4-12-24-36)40-28-16-14-26-38(40)42-32-34-19-7-2-8-20-34/h1-28H,29-32H2. The minimum atomic E-state index is -0.669. The van der Waals surface area contributed by atoms with Crippen molar-refractivity contribution >= 4 is 37.1 Å². The average Bonchev–Trinajstić information content (AvgIpc) is 3.10. The summed E-state index contributed by atoms with van der Waals surface area (Å²) in [7, 11) is -1.34. The molecule has 0 aliphatic carbocycles. The van der Waals surface area contributed by atoms with Gasteiger partial charge in [-0.05, 0) is 62.0 Å². The Kier molecular flexibility index (Phi) is 10.5. The minimum Gasteiger partial charge on any atom is -0.488 e. The van der Waals surface area contributed by atoms with Crippen LogP contribution in [-0.4, -0.2) is 12.3 Å². The lowest BCUT2D eigenvalue weighted by Gasteiger charge is -2.26. The third-order valence-corrected chi connectivity index (χ3v) is 12.9. The predicted molar refractivity (Wildman–Crippen MR) is 189 cm³/mol. The van der Waals surface area contributed by atoms with Crippen LogP contribution >= 0.6 is 15.8 Å². The quantitative estimate of drug-likeness (QED) is 0.122. The number of ether oxygens (including phenoxy) is 2. The van der Waals surface area contributed by atoms with Gasteiger partial charge >= 0.3 is 0 Å². The summed E-state index contributed by atoms with van der Waals surface area (Å²) >= 11 is 0. The van der Waals surface area contributed by atoms with Gasteiger partial charge in [0.05, 0.1) is 0 Å². The predicted octanol–water partition coefficient (Wildman–Crippen LogP) is 8.41. The fraction of sp³-hybridized carbons (Fsp3) is 0.100. The lowest BCUT2D eigenvalue weighted by atomic mass is 10.2. The Morgan fingerprint density at radius 1 is 0.341 bits per heavy atom. The molecule has 0 aliphatic heterocycles. The molecule has 0 bridgehead atoms. The molecule has 0 saturated carbocycles. The summed E-state index contributed by atoms with van der Waals surface area (Å²) in [5, 5.41) is 5.33. The van der Waals surface area contributed by atoms with Crippen LogP contribution in [0.3, 0.4) is 0 Å². The molecule has 0 radical (unpaired) electrons. The molecule has 44 heavy (non-hydrogen) atoms. The molecule has 6 aromatic carbocycles. The zero-order valence-corrected chi connectivity index (χ0v) is 26.5. The second-order valence-corrected chi connectivity index (χ2v) is 15.1. The van der Waals surface area contributed by atoms with E-state index in [0.717, 1.165) is 23.8 Å². The van der Waals surface area contributed by atoms with Gasteiger partial charge in [0.2, 0.25) is 0 Å². The van der Waals surface area contributed by atoms with E-state index in [0.29, 0.717) is 13.2 Å². The van der Waals surface area contributed by atoms with Gasteiger partial charge in [-0.25, -0.2) is 0 Å². The summed E-state index contributed by atoms with van der Waals surface area (Å²) in [5.74, 6) is 1.95. The van der Waals surface area contributed by atoms with E-state index in [-0.39, 0.29) is 0 Å². The first-order valence-corrected chi connectivity index (χ1v) is 18.1. The minimum absolute atomic E-state index is 0.554. The maximum Gasteiger partial charge on any atom is 0.127 e. The van der Waals surface area contributed by atoms with Gasteiger partial charge in [-0.2, -0.15) is 0 Å². The highest BCUT2D eigenvalue weighted by Gasteiger charge is 2.23. The topological polar surface area (TPSA) is 18.5 Å². The zero-order valence-electron chi connectivity index (χ0n) is 24.7. The summed E-state index contributed by atoms with van der Waals surface area (Å²) in [4.78, 5) is 0. The van der Waals surface area contributed by atoms with E-state index in [1.807, 2.05) is 12.1 Å². The van der Waals surface area contributed by atoms with E-state index >= 15 is 0 Å². The van der Waals surface area contributed by atoms with Crippen molar-refractivity contribution < 1.29 is 9.47 Å². The van der Waals surface area contributed by atoms with Gasteiger partial charge in [0.25, 0.3) is 0 Å². The van der Waals surface area contributed by atoms with Crippen LogP contribution in [0, 0.1) is 0 Å². The van der Waals surface area contributed by atoms with E-state index in [4.69, 9.17) is 9.47 Å². The lowest BCUT2D eigenvalue weighted by molar-refractivity contribution is 0.309. The van der Waals surface area contributed by atoms with Crippen molar-refractivity contribution in [3.05, 3.63) is 181 Å². The molecule has 0 aromatic heterocycles. The summed E-state index contributed by atoms with van der Waals surface area (Å²) in [6.45, 7) is 1.11. The third kappa shape index (κ3) is 7.83. The molecule has 6 rings (SSSR count). The normalized spacial score (nSPS) is 12.3. The second-order valence-electron chi connectivity index (χ2n) is 10.5. The summed E-state index contributed by atoms with van der Waals surface area (Å²) in [5.41, 5.74) is 2.34. The Morgan fingerprint density at radius 2 is 0.659 bits per heavy atom. The first-order valence-electron chi connectivity index (χ1n) is 15.0. The highest BCUT2D eigenvalue weighted by atomic mass is 31.1. The lowest BCUT2D eigenvalue weighted by Crippen LogP contribution is -2.22. The van der Waals surface area contributed by atoms with Crippen molar-refractivity contribution in [2.24, 2.45) is 0 Å². The number of hydrogen-bond donors (Lipinski definition) is 0. The highest BCUT2D eigenvalue weighted by Crippen LogP contribution is 2.44. The Labute approximate surface area is 263 Å². The van der Waals surface area contributed by atoms with Crippen LogP contribution in [0.5, 0.6) is 11.5 Å². The van der Waals surface area contributed by atoms with Gasteiger partial charge in [0, 0.05) is 10.6 Å². The van der Waals surface area contributed by atoms with Crippen LogP contribution in [-0.2, 0) is 13.2 Å². The van der Waals surface area contributed by atoms with Crippen molar-refractivity contribution in [1.82, 2.24) is 0 Å². The second kappa shape index (κ2) is 15.5. The first kappa shape index (κ1) is 29.8. The van der Waals surface area contributed by atoms with E-state index < -0.39 is 15.8 Å². The van der Waals surface area contributed by atoms with Crippen LogP contribution in [0.2, 0.25) is 0 Å². The number of rotatable bonds is 13. The molecule has 0 heterocycles. The smallest absolute Gasteiger partial charge is 0.127 e. The average molecular weight is 611 g/mol. The highest BCUT2D eigenvalue weighted by molar-refractivity contribution is 7.76. The van der Waals surface area contributed by atoms with Crippen molar-refractivity contribution in [2.45, 2.75) is 13.2 Å². The van der Waals surface area contributed by atoms with Crippen molar-refractivity contribution in [3.8, 4) is 11.5 Å². The Morgan fingerprint density at radius 3 is 1.05 bits per heavy atom. The van der Waals surface area contributed by atoms with Crippen LogP contribution in [0.15, 0.2) is 170 Å². The molecule has 2 nitrogen and oxygen atoms in total. The van der Waals surface area contributed by atoms with E-state index in [9.17, 15) is 0 Å². The molecule has 4 heteroatoms. The Bertz CT molecular complexity index is 1580. The number of hydrogen-bond acceptors (Lipinski definition) is 2. The van der Waals surface area contributed by atoms with Crippen LogP contribution in [0.25, 0.3) is 0 Å². The maximum absolute atomic E-state index is 6.50. The zero-order chi connectivity index (χ0) is 29.8. The molecule has 6 aromatic rings. The molecule has 0 aliphatic rings. The monoisotopic (exact) mass is 610 g/mol. The van der Waals surface area contributed by atoms with Gasteiger partial charge in [0.1, 0.15) is 24.7 Å². The summed E-state index contributed by atoms with van der Waals surface area (Å²) in [6, 6.07) is 60.0. The van der Waals surface area contributed by atoms with Crippen molar-refractivity contribution in [2.75, 3.05) is 12.3 Å². The molecular formula is C40H36O2P2. The molecule has 0 amide bonds. The molecule has 0 fully saturated rings. The summed E-state index contributed by atoms with van der Waals surface area (Å²) < 4.78 is 13.0. The Balaban J connectivity index is 1.31. The van der Waals surface area contributed by atoms with Gasteiger partial charge in [-0.1, -0.05) is 158 Å². The molecule has 2 unspecified atom stereocenters. The van der Waals surface area contributed by atoms with Crippen LogP contribution in [0.1, 0.15) is 11.1 Å². The van der Waals surface area contributed by atoms with Gasteiger partial charge in [0.15, 0.2) is 0 Å².